The molecule has 0 aromatic carbocycles. The van der Waals surface area contributed by atoms with Crippen LogP contribution in [0.1, 0.15) is 72.6 Å². The van der Waals surface area contributed by atoms with Gasteiger partial charge in [-0.1, -0.05) is 27.7 Å². The van der Waals surface area contributed by atoms with Gasteiger partial charge in [0.2, 0.25) is 0 Å². The molecule has 2 saturated carbocycles. The Morgan fingerprint density at radius 2 is 1.74 bits per heavy atom. The van der Waals surface area contributed by atoms with Gasteiger partial charge in [-0.2, -0.15) is 0 Å². The summed E-state index contributed by atoms with van der Waals surface area (Å²) in [6.45, 7) is 10.9. The Labute approximate surface area is 120 Å². The normalized spacial score (nSPS) is 39.5. The molecule has 2 fully saturated rings. The zero-order chi connectivity index (χ0) is 14.0. The molecule has 0 spiro atoms. The van der Waals surface area contributed by atoms with Gasteiger partial charge in [0.1, 0.15) is 0 Å². The maximum atomic E-state index is 6.06. The Bertz CT molecular complexity index is 279. The highest BCUT2D eigenvalue weighted by Crippen LogP contribution is 2.41. The minimum atomic E-state index is 0.470. The smallest absolute Gasteiger partial charge is 0.0124 e. The molecular weight excluding hydrogens is 232 g/mol. The van der Waals surface area contributed by atoms with E-state index in [0.717, 1.165) is 18.0 Å². The van der Waals surface area contributed by atoms with Gasteiger partial charge in [-0.3, -0.25) is 4.90 Å². The Morgan fingerprint density at radius 1 is 1.11 bits per heavy atom. The van der Waals surface area contributed by atoms with Crippen LogP contribution in [-0.4, -0.2) is 29.6 Å². The number of rotatable bonds is 3. The molecule has 2 N–H and O–H groups in total. The average Bonchev–Trinajstić information content (AvgIpc) is 2.34. The minimum Gasteiger partial charge on any atom is -0.328 e. The molecule has 0 radical (unpaired) electrons. The molecule has 2 unspecified atom stereocenters. The highest BCUT2D eigenvalue weighted by Gasteiger charge is 2.37. The second kappa shape index (κ2) is 6.13. The van der Waals surface area contributed by atoms with E-state index in [1.54, 1.807) is 0 Å². The summed E-state index contributed by atoms with van der Waals surface area (Å²) in [4.78, 5) is 2.83. The molecule has 0 bridgehead atoms. The summed E-state index contributed by atoms with van der Waals surface area (Å²) in [5.41, 5.74) is 6.62. The van der Waals surface area contributed by atoms with Crippen LogP contribution in [0.25, 0.3) is 0 Å². The summed E-state index contributed by atoms with van der Waals surface area (Å²) in [5.74, 6) is 0.847. The summed E-state index contributed by atoms with van der Waals surface area (Å²) in [5, 5.41) is 0. The summed E-state index contributed by atoms with van der Waals surface area (Å²) in [6.07, 6.45) is 9.28. The van der Waals surface area contributed by atoms with Gasteiger partial charge in [-0.25, -0.2) is 0 Å². The molecule has 2 atom stereocenters. The van der Waals surface area contributed by atoms with E-state index in [-0.39, 0.29) is 0 Å². The van der Waals surface area contributed by atoms with E-state index in [2.05, 4.69) is 32.6 Å². The molecule has 0 aliphatic heterocycles. The number of nitrogens with two attached hydrogens (primary N) is 1. The first kappa shape index (κ1) is 15.3. The number of hydrogen-bond donors (Lipinski definition) is 1. The summed E-state index contributed by atoms with van der Waals surface area (Å²) < 4.78 is 0. The standard InChI is InChI=1S/C17H34N2/c1-5-19(15-8-6-14(18)7-9-15)16-10-11-17(3,4)12-13(16)2/h13-16H,5-12,18H2,1-4H3. The molecule has 2 aliphatic carbocycles. The second-order valence-electron chi connectivity index (χ2n) is 7.85. The molecule has 112 valence electrons. The van der Waals surface area contributed by atoms with Crippen LogP contribution < -0.4 is 5.73 Å². The van der Waals surface area contributed by atoms with Crippen molar-refractivity contribution in [3.63, 3.8) is 0 Å². The van der Waals surface area contributed by atoms with Crippen molar-refractivity contribution in [2.75, 3.05) is 6.54 Å². The van der Waals surface area contributed by atoms with Gasteiger partial charge in [0.15, 0.2) is 0 Å². The third-order valence-corrected chi connectivity index (χ3v) is 5.65. The lowest BCUT2D eigenvalue weighted by Crippen LogP contribution is -2.51. The first-order chi connectivity index (χ1) is 8.93. The molecule has 2 rings (SSSR count). The Balaban J connectivity index is 1.98. The van der Waals surface area contributed by atoms with Crippen molar-refractivity contribution in [3.05, 3.63) is 0 Å². The summed E-state index contributed by atoms with van der Waals surface area (Å²) >= 11 is 0. The molecule has 2 aliphatic rings. The lowest BCUT2D eigenvalue weighted by Gasteiger charge is -2.48. The third-order valence-electron chi connectivity index (χ3n) is 5.65. The van der Waals surface area contributed by atoms with Gasteiger partial charge in [0, 0.05) is 18.1 Å². The van der Waals surface area contributed by atoms with E-state index in [1.807, 2.05) is 0 Å². The maximum absolute atomic E-state index is 6.06. The van der Waals surface area contributed by atoms with E-state index in [9.17, 15) is 0 Å². The molecule has 0 aromatic rings. The second-order valence-corrected chi connectivity index (χ2v) is 7.85. The zero-order valence-corrected chi connectivity index (χ0v) is 13.5. The van der Waals surface area contributed by atoms with Gasteiger partial charge in [-0.15, -0.1) is 0 Å². The first-order valence-electron chi connectivity index (χ1n) is 8.44. The number of nitrogens with zero attached hydrogens (tertiary/aromatic N) is 1. The van der Waals surface area contributed by atoms with Gasteiger partial charge in [0.25, 0.3) is 0 Å². The van der Waals surface area contributed by atoms with Crippen LogP contribution in [-0.2, 0) is 0 Å². The largest absolute Gasteiger partial charge is 0.328 e. The predicted octanol–water partition coefficient (Wildman–Crippen LogP) is 3.79. The van der Waals surface area contributed by atoms with Gasteiger partial charge in [0.05, 0.1) is 0 Å². The highest BCUT2D eigenvalue weighted by molar-refractivity contribution is 4.92. The monoisotopic (exact) mass is 266 g/mol. The average molecular weight is 266 g/mol. The summed E-state index contributed by atoms with van der Waals surface area (Å²) in [7, 11) is 0. The summed E-state index contributed by atoms with van der Waals surface area (Å²) in [6, 6.07) is 2.09. The quantitative estimate of drug-likeness (QED) is 0.842. The van der Waals surface area contributed by atoms with Crippen molar-refractivity contribution >= 4 is 0 Å². The molecule has 2 nitrogen and oxygen atoms in total. The van der Waals surface area contributed by atoms with Crippen molar-refractivity contribution in [2.45, 2.75) is 90.8 Å². The third kappa shape index (κ3) is 3.72. The molecule has 0 amide bonds. The van der Waals surface area contributed by atoms with Gasteiger partial charge in [-0.05, 0) is 62.8 Å². The minimum absolute atomic E-state index is 0.470. The van der Waals surface area contributed by atoms with E-state index in [0.29, 0.717) is 11.5 Å². The van der Waals surface area contributed by atoms with Crippen molar-refractivity contribution in [3.8, 4) is 0 Å². The fourth-order valence-electron chi connectivity index (χ4n) is 4.62. The molecule has 0 heterocycles. The fraction of sp³-hybridized carbons (Fsp3) is 1.00. The van der Waals surface area contributed by atoms with E-state index in [1.165, 1.54) is 51.5 Å². The van der Waals surface area contributed by atoms with Crippen molar-refractivity contribution < 1.29 is 0 Å². The van der Waals surface area contributed by atoms with Crippen molar-refractivity contribution in [1.82, 2.24) is 4.90 Å². The molecule has 2 heteroatoms. The Kier molecular flexibility index (Phi) is 4.94. The van der Waals surface area contributed by atoms with Crippen LogP contribution in [0.5, 0.6) is 0 Å². The lowest BCUT2D eigenvalue weighted by atomic mass is 9.69. The van der Waals surface area contributed by atoms with Crippen LogP contribution in [0.15, 0.2) is 0 Å². The van der Waals surface area contributed by atoms with E-state index >= 15 is 0 Å². The van der Waals surface area contributed by atoms with Crippen LogP contribution in [0.2, 0.25) is 0 Å². The highest BCUT2D eigenvalue weighted by atomic mass is 15.2. The van der Waals surface area contributed by atoms with E-state index in [4.69, 9.17) is 5.73 Å². The molecular formula is C17H34N2. The SMILES string of the molecule is CCN(C1CCC(N)CC1)C1CCC(C)(C)CC1C. The van der Waals surface area contributed by atoms with E-state index < -0.39 is 0 Å². The zero-order valence-electron chi connectivity index (χ0n) is 13.5. The lowest BCUT2D eigenvalue weighted by molar-refractivity contribution is 0.0224. The predicted molar refractivity (Wildman–Crippen MR) is 83.2 cm³/mol. The Morgan fingerprint density at radius 3 is 2.26 bits per heavy atom. The van der Waals surface area contributed by atoms with Gasteiger partial charge >= 0.3 is 0 Å². The molecule has 19 heavy (non-hydrogen) atoms. The molecule has 0 aromatic heterocycles. The number of hydrogen-bond acceptors (Lipinski definition) is 2. The maximum Gasteiger partial charge on any atom is 0.0124 e. The van der Waals surface area contributed by atoms with Crippen LogP contribution in [0.3, 0.4) is 0 Å². The first-order valence-corrected chi connectivity index (χ1v) is 8.44. The van der Waals surface area contributed by atoms with Crippen LogP contribution in [0, 0.1) is 11.3 Å². The fourth-order valence-corrected chi connectivity index (χ4v) is 4.62. The van der Waals surface area contributed by atoms with Crippen LogP contribution >= 0.6 is 0 Å². The van der Waals surface area contributed by atoms with Crippen molar-refractivity contribution in [2.24, 2.45) is 17.1 Å². The van der Waals surface area contributed by atoms with Gasteiger partial charge < -0.3 is 5.73 Å². The van der Waals surface area contributed by atoms with Crippen molar-refractivity contribution in [1.29, 1.82) is 0 Å². The topological polar surface area (TPSA) is 29.3 Å². The Hall–Kier alpha value is -0.0800. The molecule has 0 saturated heterocycles. The van der Waals surface area contributed by atoms with Crippen LogP contribution in [0.4, 0.5) is 0 Å².